The quantitative estimate of drug-likeness (QED) is 0.732. The van der Waals surface area contributed by atoms with Gasteiger partial charge in [0, 0.05) is 28.6 Å². The van der Waals surface area contributed by atoms with Gasteiger partial charge in [-0.15, -0.1) is 11.3 Å². The summed E-state index contributed by atoms with van der Waals surface area (Å²) >= 11 is 3.22. The van der Waals surface area contributed by atoms with E-state index in [2.05, 4.69) is 17.0 Å². The molecule has 0 fully saturated rings. The zero-order valence-corrected chi connectivity index (χ0v) is 14.1. The molecule has 0 bridgehead atoms. The summed E-state index contributed by atoms with van der Waals surface area (Å²) in [5.74, 6) is 0. The largest absolute Gasteiger partial charge is 0.312 e. The lowest BCUT2D eigenvalue weighted by Crippen LogP contribution is -2.26. The lowest BCUT2D eigenvalue weighted by Gasteiger charge is -2.08. The molecule has 0 radical (unpaired) electrons. The van der Waals surface area contributed by atoms with Gasteiger partial charge in [-0.3, -0.25) is 0 Å². The van der Waals surface area contributed by atoms with E-state index in [0.717, 1.165) is 24.4 Å². The molecule has 0 saturated carbocycles. The molecule has 1 atom stereocenters. The highest BCUT2D eigenvalue weighted by Gasteiger charge is 2.15. The second kappa shape index (κ2) is 8.26. The first-order valence-corrected chi connectivity index (χ1v) is 9.95. The van der Waals surface area contributed by atoms with E-state index in [1.165, 1.54) is 11.3 Å². The molecular formula is C12H22N2O2S3. The van der Waals surface area contributed by atoms with Gasteiger partial charge in [-0.25, -0.2) is 13.1 Å². The average molecular weight is 323 g/mol. The third-order valence-corrected chi connectivity index (χ3v) is 6.30. The molecule has 0 aliphatic carbocycles. The van der Waals surface area contributed by atoms with Gasteiger partial charge in [-0.05, 0) is 25.3 Å². The second-order valence-electron chi connectivity index (χ2n) is 4.26. The maximum Gasteiger partial charge on any atom is 0.241 e. The lowest BCUT2D eigenvalue weighted by atomic mass is 10.3. The Labute approximate surface area is 124 Å². The van der Waals surface area contributed by atoms with Crippen LogP contribution < -0.4 is 10.0 Å². The fraction of sp³-hybridized carbons (Fsp3) is 0.667. The number of hydrogen-bond donors (Lipinski definition) is 2. The van der Waals surface area contributed by atoms with Gasteiger partial charge in [0.1, 0.15) is 0 Å². The number of rotatable bonds is 9. The third-order valence-electron chi connectivity index (χ3n) is 2.73. The summed E-state index contributed by atoms with van der Waals surface area (Å²) in [4.78, 5) is 1.42. The molecule has 1 aromatic rings. The van der Waals surface area contributed by atoms with E-state index in [1.54, 1.807) is 23.2 Å². The molecule has 0 aliphatic heterocycles. The maximum atomic E-state index is 12.1. The summed E-state index contributed by atoms with van der Waals surface area (Å²) in [5, 5.41) is 5.36. The van der Waals surface area contributed by atoms with Gasteiger partial charge in [-0.1, -0.05) is 13.8 Å². The highest BCUT2D eigenvalue weighted by Crippen LogP contribution is 2.19. The minimum atomic E-state index is -3.34. The normalized spacial score (nSPS) is 13.6. The molecule has 4 nitrogen and oxygen atoms in total. The number of thiophene rings is 1. The molecule has 2 N–H and O–H groups in total. The Kier molecular flexibility index (Phi) is 7.38. The zero-order valence-electron chi connectivity index (χ0n) is 11.6. The molecule has 1 unspecified atom stereocenters. The van der Waals surface area contributed by atoms with E-state index in [9.17, 15) is 8.42 Å². The first-order chi connectivity index (χ1) is 8.99. The van der Waals surface area contributed by atoms with E-state index in [-0.39, 0.29) is 0 Å². The van der Waals surface area contributed by atoms with Crippen LogP contribution in [-0.4, -0.2) is 33.0 Å². The SMILES string of the molecule is CCNCc1cc(S(=O)(=O)NCCC(C)SC)cs1. The van der Waals surface area contributed by atoms with Crippen LogP contribution in [0.1, 0.15) is 25.1 Å². The van der Waals surface area contributed by atoms with E-state index in [1.807, 2.05) is 13.2 Å². The predicted octanol–water partition coefficient (Wildman–Crippen LogP) is 2.28. The van der Waals surface area contributed by atoms with Crippen molar-refractivity contribution in [2.45, 2.75) is 37.0 Å². The number of hydrogen-bond acceptors (Lipinski definition) is 5. The van der Waals surface area contributed by atoms with Gasteiger partial charge in [0.2, 0.25) is 10.0 Å². The van der Waals surface area contributed by atoms with E-state index in [0.29, 0.717) is 16.7 Å². The summed E-state index contributed by atoms with van der Waals surface area (Å²) in [6, 6.07) is 1.74. The van der Waals surface area contributed by atoms with Crippen molar-refractivity contribution in [3.05, 3.63) is 16.3 Å². The van der Waals surface area contributed by atoms with Crippen molar-refractivity contribution in [1.82, 2.24) is 10.0 Å². The first-order valence-electron chi connectivity index (χ1n) is 6.30. The molecule has 110 valence electrons. The molecule has 7 heteroatoms. The van der Waals surface area contributed by atoms with Crippen LogP contribution in [0.15, 0.2) is 16.3 Å². The number of sulfonamides is 1. The van der Waals surface area contributed by atoms with E-state index < -0.39 is 10.0 Å². The molecule has 0 amide bonds. The summed E-state index contributed by atoms with van der Waals surface area (Å²) in [5.41, 5.74) is 0. The lowest BCUT2D eigenvalue weighted by molar-refractivity contribution is 0.579. The van der Waals surface area contributed by atoms with E-state index >= 15 is 0 Å². The Morgan fingerprint density at radius 3 is 2.84 bits per heavy atom. The molecule has 0 saturated heterocycles. The van der Waals surface area contributed by atoms with Crippen molar-refractivity contribution in [3.8, 4) is 0 Å². The molecule has 19 heavy (non-hydrogen) atoms. The van der Waals surface area contributed by atoms with Crippen LogP contribution in [0.25, 0.3) is 0 Å². The predicted molar refractivity (Wildman–Crippen MR) is 84.5 cm³/mol. The second-order valence-corrected chi connectivity index (χ2v) is 8.30. The highest BCUT2D eigenvalue weighted by atomic mass is 32.2. The van der Waals surface area contributed by atoms with Crippen molar-refractivity contribution in [1.29, 1.82) is 0 Å². The highest BCUT2D eigenvalue weighted by molar-refractivity contribution is 7.99. The summed E-state index contributed by atoms with van der Waals surface area (Å²) in [7, 11) is -3.34. The molecule has 0 aliphatic rings. The van der Waals surface area contributed by atoms with Crippen molar-refractivity contribution in [3.63, 3.8) is 0 Å². The number of thioether (sulfide) groups is 1. The number of nitrogens with one attached hydrogen (secondary N) is 2. The minimum absolute atomic E-state index is 0.377. The topological polar surface area (TPSA) is 58.2 Å². The van der Waals surface area contributed by atoms with Crippen molar-refractivity contribution in [2.75, 3.05) is 19.3 Å². The van der Waals surface area contributed by atoms with Crippen LogP contribution in [0, 0.1) is 0 Å². The van der Waals surface area contributed by atoms with Crippen LogP contribution in [0.4, 0.5) is 0 Å². The van der Waals surface area contributed by atoms with Gasteiger partial charge >= 0.3 is 0 Å². The molecule has 1 rings (SSSR count). The van der Waals surface area contributed by atoms with E-state index in [4.69, 9.17) is 0 Å². The Morgan fingerprint density at radius 1 is 1.47 bits per heavy atom. The Bertz CT molecular complexity index is 471. The van der Waals surface area contributed by atoms with Crippen LogP contribution >= 0.6 is 23.1 Å². The van der Waals surface area contributed by atoms with Gasteiger partial charge < -0.3 is 5.32 Å². The first kappa shape index (κ1) is 17.0. The van der Waals surface area contributed by atoms with Crippen LogP contribution in [0.2, 0.25) is 0 Å². The molecule has 0 aromatic carbocycles. The smallest absolute Gasteiger partial charge is 0.241 e. The fourth-order valence-corrected chi connectivity index (χ4v) is 4.09. The molecule has 0 spiro atoms. The summed E-state index contributed by atoms with van der Waals surface area (Å²) in [6.07, 6.45) is 2.87. The van der Waals surface area contributed by atoms with Crippen molar-refractivity contribution >= 4 is 33.1 Å². The zero-order chi connectivity index (χ0) is 14.3. The Balaban J connectivity index is 2.54. The summed E-state index contributed by atoms with van der Waals surface area (Å²) in [6.45, 7) is 6.21. The van der Waals surface area contributed by atoms with Gasteiger partial charge in [0.25, 0.3) is 0 Å². The summed E-state index contributed by atoms with van der Waals surface area (Å²) < 4.78 is 26.8. The van der Waals surface area contributed by atoms with Gasteiger partial charge in [0.05, 0.1) is 4.90 Å². The maximum absolute atomic E-state index is 12.1. The molecule has 1 aromatic heterocycles. The van der Waals surface area contributed by atoms with Crippen molar-refractivity contribution in [2.24, 2.45) is 0 Å². The minimum Gasteiger partial charge on any atom is -0.312 e. The average Bonchev–Trinajstić information content (AvgIpc) is 2.85. The monoisotopic (exact) mass is 322 g/mol. The Morgan fingerprint density at radius 2 is 2.21 bits per heavy atom. The Hall–Kier alpha value is -0.0800. The van der Waals surface area contributed by atoms with Crippen LogP contribution in [0.3, 0.4) is 0 Å². The van der Waals surface area contributed by atoms with Crippen LogP contribution in [0.5, 0.6) is 0 Å². The fourth-order valence-electron chi connectivity index (χ4n) is 1.44. The van der Waals surface area contributed by atoms with Crippen LogP contribution in [-0.2, 0) is 16.6 Å². The van der Waals surface area contributed by atoms with Gasteiger partial charge in [0.15, 0.2) is 0 Å². The third kappa shape index (κ3) is 5.83. The van der Waals surface area contributed by atoms with Crippen molar-refractivity contribution < 1.29 is 8.42 Å². The van der Waals surface area contributed by atoms with Gasteiger partial charge in [-0.2, -0.15) is 11.8 Å². The molecule has 1 heterocycles. The molecular weight excluding hydrogens is 300 g/mol. The standard InChI is InChI=1S/C12H22N2O2S3/c1-4-13-8-11-7-12(9-18-11)19(15,16)14-6-5-10(2)17-3/h7,9-10,13-14H,4-6,8H2,1-3H3.